The smallest absolute Gasteiger partial charge is 0.0219 e. The Labute approximate surface area is 125 Å². The summed E-state index contributed by atoms with van der Waals surface area (Å²) < 4.78 is 1.37. The van der Waals surface area contributed by atoms with E-state index in [1.165, 1.54) is 14.7 Å². The van der Waals surface area contributed by atoms with Crippen molar-refractivity contribution in [2.75, 3.05) is 6.54 Å². The molecule has 1 aromatic rings. The van der Waals surface area contributed by atoms with Crippen LogP contribution in [0.15, 0.2) is 18.2 Å². The molecular weight excluding hydrogens is 335 g/mol. The average Bonchev–Trinajstić information content (AvgIpc) is 2.27. The SMILES string of the molecule is Cc1cccc(CNC(C)CNC(C)(C)C)c1I. The molecule has 0 saturated heterocycles. The summed E-state index contributed by atoms with van der Waals surface area (Å²) in [7, 11) is 0. The lowest BCUT2D eigenvalue weighted by atomic mass is 10.1. The zero-order valence-corrected chi connectivity index (χ0v) is 14.3. The van der Waals surface area contributed by atoms with Crippen LogP contribution in [0.1, 0.15) is 38.8 Å². The lowest BCUT2D eigenvalue weighted by molar-refractivity contribution is 0.387. The standard InChI is InChI=1S/C15H25IN2/c1-11-7-6-8-13(14(11)16)10-17-12(2)9-18-15(3,4)5/h6-8,12,17-18H,9-10H2,1-5H3. The molecule has 0 aromatic heterocycles. The first-order valence-corrected chi connectivity index (χ1v) is 7.60. The molecule has 102 valence electrons. The van der Waals surface area contributed by atoms with E-state index >= 15 is 0 Å². The molecule has 18 heavy (non-hydrogen) atoms. The second-order valence-electron chi connectivity index (χ2n) is 5.96. The van der Waals surface area contributed by atoms with Gasteiger partial charge in [0.15, 0.2) is 0 Å². The van der Waals surface area contributed by atoms with Crippen LogP contribution in [0.4, 0.5) is 0 Å². The number of aryl methyl sites for hydroxylation is 1. The Kier molecular flexibility index (Phi) is 6.08. The number of benzene rings is 1. The predicted molar refractivity (Wildman–Crippen MR) is 88.0 cm³/mol. The molecule has 1 aromatic carbocycles. The van der Waals surface area contributed by atoms with Crippen molar-refractivity contribution in [3.05, 3.63) is 32.9 Å². The van der Waals surface area contributed by atoms with Gasteiger partial charge in [0.2, 0.25) is 0 Å². The lowest BCUT2D eigenvalue weighted by Crippen LogP contribution is -2.44. The van der Waals surface area contributed by atoms with Gasteiger partial charge < -0.3 is 10.6 Å². The first kappa shape index (κ1) is 15.9. The van der Waals surface area contributed by atoms with Crippen LogP contribution >= 0.6 is 22.6 Å². The van der Waals surface area contributed by atoms with Gasteiger partial charge in [0.25, 0.3) is 0 Å². The number of rotatable bonds is 5. The molecule has 0 amide bonds. The van der Waals surface area contributed by atoms with Crippen molar-refractivity contribution in [2.24, 2.45) is 0 Å². The van der Waals surface area contributed by atoms with E-state index < -0.39 is 0 Å². The van der Waals surface area contributed by atoms with Gasteiger partial charge in [-0.2, -0.15) is 0 Å². The van der Waals surface area contributed by atoms with Crippen molar-refractivity contribution in [1.29, 1.82) is 0 Å². The monoisotopic (exact) mass is 360 g/mol. The maximum Gasteiger partial charge on any atom is 0.0219 e. The summed E-state index contributed by atoms with van der Waals surface area (Å²) in [6.07, 6.45) is 0. The van der Waals surface area contributed by atoms with E-state index in [-0.39, 0.29) is 5.54 Å². The van der Waals surface area contributed by atoms with Crippen LogP contribution in [0, 0.1) is 10.5 Å². The fourth-order valence-electron chi connectivity index (χ4n) is 1.66. The third kappa shape index (κ3) is 5.67. The Bertz CT molecular complexity index is 383. The molecule has 0 saturated carbocycles. The summed E-state index contributed by atoms with van der Waals surface area (Å²) in [4.78, 5) is 0. The maximum absolute atomic E-state index is 3.57. The highest BCUT2D eigenvalue weighted by molar-refractivity contribution is 14.1. The van der Waals surface area contributed by atoms with Crippen molar-refractivity contribution in [1.82, 2.24) is 10.6 Å². The van der Waals surface area contributed by atoms with Gasteiger partial charge in [-0.15, -0.1) is 0 Å². The summed E-state index contributed by atoms with van der Waals surface area (Å²) >= 11 is 2.43. The Hall–Kier alpha value is -0.130. The number of nitrogens with one attached hydrogen (secondary N) is 2. The van der Waals surface area contributed by atoms with Gasteiger partial charge in [-0.1, -0.05) is 18.2 Å². The lowest BCUT2D eigenvalue weighted by Gasteiger charge is -2.24. The van der Waals surface area contributed by atoms with Gasteiger partial charge in [0.05, 0.1) is 0 Å². The van der Waals surface area contributed by atoms with E-state index in [0.717, 1.165) is 13.1 Å². The molecule has 1 unspecified atom stereocenters. The predicted octanol–water partition coefficient (Wildman–Crippen LogP) is 3.47. The first-order chi connectivity index (χ1) is 8.29. The average molecular weight is 360 g/mol. The van der Waals surface area contributed by atoms with Gasteiger partial charge in [0.1, 0.15) is 0 Å². The molecule has 1 rings (SSSR count). The minimum atomic E-state index is 0.188. The zero-order chi connectivity index (χ0) is 13.8. The molecule has 1 atom stereocenters. The molecule has 0 heterocycles. The van der Waals surface area contributed by atoms with E-state index in [4.69, 9.17) is 0 Å². The van der Waals surface area contributed by atoms with Crippen molar-refractivity contribution < 1.29 is 0 Å². The molecule has 0 fully saturated rings. The van der Waals surface area contributed by atoms with E-state index in [2.05, 4.69) is 86.0 Å². The summed E-state index contributed by atoms with van der Waals surface area (Å²) in [5.74, 6) is 0. The van der Waals surface area contributed by atoms with Gasteiger partial charge in [-0.05, 0) is 68.3 Å². The van der Waals surface area contributed by atoms with E-state index in [1.54, 1.807) is 0 Å². The quantitative estimate of drug-likeness (QED) is 0.786. The van der Waals surface area contributed by atoms with E-state index in [1.807, 2.05) is 0 Å². The summed E-state index contributed by atoms with van der Waals surface area (Å²) in [6, 6.07) is 6.97. The van der Waals surface area contributed by atoms with Crippen LogP contribution in [0.3, 0.4) is 0 Å². The minimum absolute atomic E-state index is 0.188. The molecule has 0 aliphatic heterocycles. The second-order valence-corrected chi connectivity index (χ2v) is 7.04. The third-order valence-electron chi connectivity index (χ3n) is 2.85. The first-order valence-electron chi connectivity index (χ1n) is 6.52. The number of halogens is 1. The highest BCUT2D eigenvalue weighted by Crippen LogP contribution is 2.16. The van der Waals surface area contributed by atoms with Crippen LogP contribution in [-0.2, 0) is 6.54 Å². The van der Waals surface area contributed by atoms with Crippen LogP contribution in [0.2, 0.25) is 0 Å². The summed E-state index contributed by atoms with van der Waals surface area (Å²) in [5.41, 5.74) is 2.93. The molecule has 2 N–H and O–H groups in total. The Balaban J connectivity index is 2.43. The zero-order valence-electron chi connectivity index (χ0n) is 12.1. The third-order valence-corrected chi connectivity index (χ3v) is 4.39. The van der Waals surface area contributed by atoms with Gasteiger partial charge >= 0.3 is 0 Å². The van der Waals surface area contributed by atoms with E-state index in [9.17, 15) is 0 Å². The van der Waals surface area contributed by atoms with Gasteiger partial charge in [-0.3, -0.25) is 0 Å². The largest absolute Gasteiger partial charge is 0.311 e. The molecule has 0 spiro atoms. The van der Waals surface area contributed by atoms with Crippen LogP contribution < -0.4 is 10.6 Å². The topological polar surface area (TPSA) is 24.1 Å². The normalized spacial score (nSPS) is 13.7. The highest BCUT2D eigenvalue weighted by Gasteiger charge is 2.11. The molecule has 0 bridgehead atoms. The number of hydrogen-bond donors (Lipinski definition) is 2. The van der Waals surface area contributed by atoms with Crippen LogP contribution in [0.25, 0.3) is 0 Å². The minimum Gasteiger partial charge on any atom is -0.311 e. The molecule has 0 aliphatic carbocycles. The van der Waals surface area contributed by atoms with Gasteiger partial charge in [-0.25, -0.2) is 0 Å². The van der Waals surface area contributed by atoms with Crippen LogP contribution in [0.5, 0.6) is 0 Å². The Morgan fingerprint density at radius 1 is 1.28 bits per heavy atom. The second kappa shape index (κ2) is 6.87. The van der Waals surface area contributed by atoms with Crippen molar-refractivity contribution in [3.8, 4) is 0 Å². The molecular formula is C15H25IN2. The fraction of sp³-hybridized carbons (Fsp3) is 0.600. The Morgan fingerprint density at radius 2 is 1.94 bits per heavy atom. The van der Waals surface area contributed by atoms with Crippen LogP contribution in [-0.4, -0.2) is 18.1 Å². The van der Waals surface area contributed by atoms with Gasteiger partial charge in [0, 0.05) is 28.2 Å². The molecule has 0 radical (unpaired) electrons. The van der Waals surface area contributed by atoms with Crippen molar-refractivity contribution in [2.45, 2.75) is 52.7 Å². The number of hydrogen-bond acceptors (Lipinski definition) is 2. The Morgan fingerprint density at radius 3 is 2.56 bits per heavy atom. The molecule has 3 heteroatoms. The maximum atomic E-state index is 3.57. The summed E-state index contributed by atoms with van der Waals surface area (Å²) in [5, 5.41) is 7.09. The molecule has 0 aliphatic rings. The van der Waals surface area contributed by atoms with Crippen molar-refractivity contribution in [3.63, 3.8) is 0 Å². The fourth-order valence-corrected chi connectivity index (χ4v) is 2.21. The van der Waals surface area contributed by atoms with Crippen molar-refractivity contribution >= 4 is 22.6 Å². The van der Waals surface area contributed by atoms with E-state index in [0.29, 0.717) is 6.04 Å². The molecule has 2 nitrogen and oxygen atoms in total. The highest BCUT2D eigenvalue weighted by atomic mass is 127. The summed E-state index contributed by atoms with van der Waals surface area (Å²) in [6.45, 7) is 12.9.